The van der Waals surface area contributed by atoms with Crippen LogP contribution in [0.2, 0.25) is 0 Å². The van der Waals surface area contributed by atoms with E-state index >= 15 is 0 Å². The van der Waals surface area contributed by atoms with Crippen molar-refractivity contribution in [2.45, 2.75) is 44.6 Å². The molecule has 0 saturated carbocycles. The zero-order valence-electron chi connectivity index (χ0n) is 14.8. The summed E-state index contributed by atoms with van der Waals surface area (Å²) in [6.45, 7) is 6.51. The Morgan fingerprint density at radius 1 is 1.20 bits per heavy atom. The average molecular weight is 361 g/mol. The van der Waals surface area contributed by atoms with Gasteiger partial charge < -0.3 is 4.74 Å². The van der Waals surface area contributed by atoms with Crippen LogP contribution in [0.4, 0.5) is 0 Å². The lowest BCUT2D eigenvalue weighted by Gasteiger charge is -2.32. The second-order valence-corrected chi connectivity index (χ2v) is 8.41. The molecular formula is C18H23N3O3S. The number of hydrogen-bond acceptors (Lipinski definition) is 5. The van der Waals surface area contributed by atoms with Gasteiger partial charge in [0.2, 0.25) is 15.9 Å². The SMILES string of the molecule is Cc1cc(C)c(S(=O)(=O)N2CCCC(Oc3cccnn3)C2)c(C)c1. The third-order valence-electron chi connectivity index (χ3n) is 4.38. The number of nitrogens with zero attached hydrogens (tertiary/aromatic N) is 3. The summed E-state index contributed by atoms with van der Waals surface area (Å²) in [6, 6.07) is 7.31. The molecule has 1 aliphatic rings. The van der Waals surface area contributed by atoms with Gasteiger partial charge in [-0.05, 0) is 50.8 Å². The molecule has 1 fully saturated rings. The summed E-state index contributed by atoms with van der Waals surface area (Å²) in [6.07, 6.45) is 2.92. The largest absolute Gasteiger partial charge is 0.472 e. The standard InChI is InChI=1S/C18H23N3O3S/c1-13-10-14(2)18(15(3)11-13)25(22,23)21-9-5-6-16(12-21)24-17-7-4-8-19-20-17/h4,7-8,10-11,16H,5-6,9,12H2,1-3H3. The topological polar surface area (TPSA) is 72.4 Å². The fraction of sp³-hybridized carbons (Fsp3) is 0.444. The Bertz CT molecular complexity index is 830. The Labute approximate surface area is 148 Å². The van der Waals surface area contributed by atoms with Crippen LogP contribution in [-0.4, -0.2) is 42.1 Å². The van der Waals surface area contributed by atoms with E-state index in [4.69, 9.17) is 4.74 Å². The summed E-state index contributed by atoms with van der Waals surface area (Å²) in [5.74, 6) is 0.425. The van der Waals surface area contributed by atoms with Crippen molar-refractivity contribution in [1.82, 2.24) is 14.5 Å². The van der Waals surface area contributed by atoms with Gasteiger partial charge in [-0.15, -0.1) is 5.10 Å². The van der Waals surface area contributed by atoms with Crippen LogP contribution in [0, 0.1) is 20.8 Å². The quantitative estimate of drug-likeness (QED) is 0.837. The molecule has 1 saturated heterocycles. The molecular weight excluding hydrogens is 338 g/mol. The van der Waals surface area contributed by atoms with E-state index in [1.54, 1.807) is 18.3 Å². The smallest absolute Gasteiger partial charge is 0.243 e. The van der Waals surface area contributed by atoms with Crippen molar-refractivity contribution in [1.29, 1.82) is 0 Å². The van der Waals surface area contributed by atoms with Crippen molar-refractivity contribution >= 4 is 10.0 Å². The normalized spacial score (nSPS) is 18.9. The predicted molar refractivity (Wildman–Crippen MR) is 95.1 cm³/mol. The molecule has 1 aromatic carbocycles. The van der Waals surface area contributed by atoms with Gasteiger partial charge in [0.15, 0.2) is 0 Å². The van der Waals surface area contributed by atoms with E-state index in [1.807, 2.05) is 32.9 Å². The molecule has 3 rings (SSSR count). The Hall–Kier alpha value is -1.99. The van der Waals surface area contributed by atoms with Crippen LogP contribution >= 0.6 is 0 Å². The van der Waals surface area contributed by atoms with E-state index in [9.17, 15) is 8.42 Å². The molecule has 1 aliphatic heterocycles. The number of benzene rings is 1. The maximum atomic E-state index is 13.2. The number of piperidine rings is 1. The second-order valence-electron chi connectivity index (χ2n) is 6.53. The summed E-state index contributed by atoms with van der Waals surface area (Å²) in [5.41, 5.74) is 2.64. The van der Waals surface area contributed by atoms with Gasteiger partial charge in [-0.25, -0.2) is 8.42 Å². The predicted octanol–water partition coefficient (Wildman–Crippen LogP) is 2.63. The molecule has 7 heteroatoms. The van der Waals surface area contributed by atoms with E-state index in [0.29, 0.717) is 23.9 Å². The van der Waals surface area contributed by atoms with Gasteiger partial charge in [0, 0.05) is 18.8 Å². The molecule has 2 heterocycles. The Kier molecular flexibility index (Phi) is 5.06. The Balaban J connectivity index is 1.83. The fourth-order valence-corrected chi connectivity index (χ4v) is 5.37. The van der Waals surface area contributed by atoms with Crippen LogP contribution in [0.1, 0.15) is 29.5 Å². The van der Waals surface area contributed by atoms with E-state index in [-0.39, 0.29) is 6.10 Å². The van der Waals surface area contributed by atoms with Crippen molar-refractivity contribution in [2.24, 2.45) is 0 Å². The van der Waals surface area contributed by atoms with Crippen molar-refractivity contribution in [3.63, 3.8) is 0 Å². The van der Waals surface area contributed by atoms with Gasteiger partial charge in [0.1, 0.15) is 6.10 Å². The molecule has 0 amide bonds. The minimum absolute atomic E-state index is 0.216. The van der Waals surface area contributed by atoms with Crippen LogP contribution < -0.4 is 4.74 Å². The first kappa shape index (κ1) is 17.8. The van der Waals surface area contributed by atoms with Crippen LogP contribution in [0.5, 0.6) is 5.88 Å². The second kappa shape index (κ2) is 7.09. The van der Waals surface area contributed by atoms with E-state index in [2.05, 4.69) is 10.2 Å². The summed E-state index contributed by atoms with van der Waals surface area (Å²) in [5, 5.41) is 7.71. The zero-order valence-corrected chi connectivity index (χ0v) is 15.6. The molecule has 0 bridgehead atoms. The zero-order chi connectivity index (χ0) is 18.0. The molecule has 1 aromatic heterocycles. The highest BCUT2D eigenvalue weighted by atomic mass is 32.2. The van der Waals surface area contributed by atoms with Crippen LogP contribution in [0.3, 0.4) is 0 Å². The maximum Gasteiger partial charge on any atom is 0.243 e. The van der Waals surface area contributed by atoms with Gasteiger partial charge in [-0.2, -0.15) is 9.40 Å². The molecule has 1 unspecified atom stereocenters. The van der Waals surface area contributed by atoms with Crippen LogP contribution in [0.15, 0.2) is 35.4 Å². The van der Waals surface area contributed by atoms with Gasteiger partial charge in [-0.3, -0.25) is 0 Å². The van der Waals surface area contributed by atoms with Crippen LogP contribution in [0.25, 0.3) is 0 Å². The molecule has 2 aromatic rings. The molecule has 0 N–H and O–H groups in total. The maximum absolute atomic E-state index is 13.2. The van der Waals surface area contributed by atoms with Crippen LogP contribution in [-0.2, 0) is 10.0 Å². The van der Waals surface area contributed by atoms with E-state index < -0.39 is 10.0 Å². The first-order chi connectivity index (χ1) is 11.9. The van der Waals surface area contributed by atoms with Crippen molar-refractivity contribution < 1.29 is 13.2 Å². The van der Waals surface area contributed by atoms with Crippen molar-refractivity contribution in [3.05, 3.63) is 47.2 Å². The molecule has 1 atom stereocenters. The van der Waals surface area contributed by atoms with E-state index in [1.165, 1.54) is 4.31 Å². The molecule has 0 aliphatic carbocycles. The number of hydrogen-bond donors (Lipinski definition) is 0. The highest BCUT2D eigenvalue weighted by molar-refractivity contribution is 7.89. The summed E-state index contributed by atoms with van der Waals surface area (Å²) in [4.78, 5) is 0.415. The number of ether oxygens (including phenoxy) is 1. The minimum atomic E-state index is -3.55. The first-order valence-corrected chi connectivity index (χ1v) is 9.84. The number of rotatable bonds is 4. The average Bonchev–Trinajstić information content (AvgIpc) is 2.55. The Morgan fingerprint density at radius 2 is 1.92 bits per heavy atom. The molecule has 0 radical (unpaired) electrons. The molecule has 134 valence electrons. The summed E-state index contributed by atoms with van der Waals surface area (Å²) < 4.78 is 33.7. The van der Waals surface area contributed by atoms with Gasteiger partial charge in [-0.1, -0.05) is 17.7 Å². The van der Waals surface area contributed by atoms with Gasteiger partial charge in [0.25, 0.3) is 0 Å². The number of sulfonamides is 1. The fourth-order valence-electron chi connectivity index (χ4n) is 3.44. The third kappa shape index (κ3) is 3.82. The van der Waals surface area contributed by atoms with E-state index in [0.717, 1.165) is 29.5 Å². The lowest BCUT2D eigenvalue weighted by atomic mass is 10.1. The lowest BCUT2D eigenvalue weighted by Crippen LogP contribution is -2.44. The highest BCUT2D eigenvalue weighted by Crippen LogP contribution is 2.28. The van der Waals surface area contributed by atoms with Gasteiger partial charge in [0.05, 0.1) is 11.4 Å². The lowest BCUT2D eigenvalue weighted by molar-refractivity contribution is 0.123. The first-order valence-electron chi connectivity index (χ1n) is 8.40. The number of aryl methyl sites for hydroxylation is 3. The monoisotopic (exact) mass is 361 g/mol. The molecule has 25 heavy (non-hydrogen) atoms. The van der Waals surface area contributed by atoms with Crippen molar-refractivity contribution in [3.8, 4) is 5.88 Å². The molecule has 0 spiro atoms. The highest BCUT2D eigenvalue weighted by Gasteiger charge is 2.33. The molecule has 6 nitrogen and oxygen atoms in total. The van der Waals surface area contributed by atoms with Gasteiger partial charge >= 0.3 is 0 Å². The third-order valence-corrected chi connectivity index (χ3v) is 6.55. The minimum Gasteiger partial charge on any atom is -0.472 e. The Morgan fingerprint density at radius 3 is 2.56 bits per heavy atom. The van der Waals surface area contributed by atoms with Crippen molar-refractivity contribution in [2.75, 3.05) is 13.1 Å². The summed E-state index contributed by atoms with van der Waals surface area (Å²) >= 11 is 0. The summed E-state index contributed by atoms with van der Waals surface area (Å²) in [7, 11) is -3.55. The number of aromatic nitrogens is 2.